The molecule has 21 heavy (non-hydrogen) atoms. The number of likely N-dealkylation sites (tertiary alicyclic amines) is 1. The summed E-state index contributed by atoms with van der Waals surface area (Å²) in [5.74, 6) is 0.341. The van der Waals surface area contributed by atoms with E-state index in [1.807, 2.05) is 34.1 Å². The fourth-order valence-electron chi connectivity index (χ4n) is 3.40. The van der Waals surface area contributed by atoms with E-state index in [2.05, 4.69) is 15.9 Å². The number of benzene rings is 1. The largest absolute Gasteiger partial charge is 0.343 e. The van der Waals surface area contributed by atoms with E-state index < -0.39 is 0 Å². The van der Waals surface area contributed by atoms with E-state index in [1.165, 1.54) is 0 Å². The second-order valence-corrected chi connectivity index (χ2v) is 6.89. The molecule has 0 aliphatic carbocycles. The summed E-state index contributed by atoms with van der Waals surface area (Å²) in [5, 5.41) is 0. The molecule has 1 spiro atoms. The van der Waals surface area contributed by atoms with Crippen molar-refractivity contribution < 1.29 is 9.59 Å². The van der Waals surface area contributed by atoms with E-state index in [0.29, 0.717) is 13.1 Å². The standard InChI is InChI=1S/C16H19BrN2O2/c1-12(20)18-9-6-16(7-10-18)8-11-19(15(16)21)14-4-2-13(17)3-5-14/h2-5H,6-11H2,1H3. The molecule has 0 atom stereocenters. The summed E-state index contributed by atoms with van der Waals surface area (Å²) in [6.45, 7) is 3.79. The van der Waals surface area contributed by atoms with Gasteiger partial charge in [-0.25, -0.2) is 0 Å². The molecule has 0 bridgehead atoms. The summed E-state index contributed by atoms with van der Waals surface area (Å²) >= 11 is 3.42. The van der Waals surface area contributed by atoms with Crippen LogP contribution in [0.1, 0.15) is 26.2 Å². The van der Waals surface area contributed by atoms with E-state index in [4.69, 9.17) is 0 Å². The monoisotopic (exact) mass is 350 g/mol. The van der Waals surface area contributed by atoms with Crippen LogP contribution in [0.4, 0.5) is 5.69 Å². The first-order valence-electron chi connectivity index (χ1n) is 7.35. The summed E-state index contributed by atoms with van der Waals surface area (Å²) in [6, 6.07) is 7.88. The van der Waals surface area contributed by atoms with Gasteiger partial charge in [-0.15, -0.1) is 0 Å². The molecule has 2 aliphatic rings. The van der Waals surface area contributed by atoms with Crippen LogP contribution in [0.3, 0.4) is 0 Å². The summed E-state index contributed by atoms with van der Waals surface area (Å²) in [4.78, 5) is 28.0. The van der Waals surface area contributed by atoms with Crippen LogP contribution in [-0.4, -0.2) is 36.3 Å². The maximum absolute atomic E-state index is 12.9. The van der Waals surface area contributed by atoms with Crippen LogP contribution in [0.5, 0.6) is 0 Å². The number of halogens is 1. The Morgan fingerprint density at radius 2 is 1.67 bits per heavy atom. The minimum atomic E-state index is -0.251. The first kappa shape index (κ1) is 14.6. The van der Waals surface area contributed by atoms with E-state index in [-0.39, 0.29) is 17.2 Å². The number of rotatable bonds is 1. The zero-order valence-corrected chi connectivity index (χ0v) is 13.7. The Bertz CT molecular complexity index is 562. The summed E-state index contributed by atoms with van der Waals surface area (Å²) in [7, 11) is 0. The highest BCUT2D eigenvalue weighted by atomic mass is 79.9. The molecule has 2 heterocycles. The molecule has 0 unspecified atom stereocenters. The van der Waals surface area contributed by atoms with Gasteiger partial charge in [-0.2, -0.15) is 0 Å². The third-order valence-electron chi connectivity index (χ3n) is 4.82. The van der Waals surface area contributed by atoms with Crippen LogP contribution >= 0.6 is 15.9 Å². The number of hydrogen-bond acceptors (Lipinski definition) is 2. The average Bonchev–Trinajstić information content (AvgIpc) is 2.78. The Hall–Kier alpha value is -1.36. The second-order valence-electron chi connectivity index (χ2n) is 5.97. The number of carbonyl (C=O) groups is 2. The van der Waals surface area contributed by atoms with Gasteiger partial charge in [-0.3, -0.25) is 9.59 Å². The maximum Gasteiger partial charge on any atom is 0.233 e. The molecule has 112 valence electrons. The van der Waals surface area contributed by atoms with Gasteiger partial charge in [0.2, 0.25) is 11.8 Å². The van der Waals surface area contributed by atoms with Crippen molar-refractivity contribution in [3.63, 3.8) is 0 Å². The van der Waals surface area contributed by atoms with E-state index in [1.54, 1.807) is 6.92 Å². The predicted molar refractivity (Wildman–Crippen MR) is 85.0 cm³/mol. The Kier molecular flexibility index (Phi) is 3.78. The quantitative estimate of drug-likeness (QED) is 0.781. The van der Waals surface area contributed by atoms with Gasteiger partial charge in [0.1, 0.15) is 0 Å². The third kappa shape index (κ3) is 2.59. The average molecular weight is 351 g/mol. The molecule has 2 amide bonds. The molecule has 5 heteroatoms. The Morgan fingerprint density at radius 3 is 2.24 bits per heavy atom. The zero-order chi connectivity index (χ0) is 15.0. The number of piperidine rings is 1. The zero-order valence-electron chi connectivity index (χ0n) is 12.1. The van der Waals surface area contributed by atoms with Crippen molar-refractivity contribution in [3.8, 4) is 0 Å². The van der Waals surface area contributed by atoms with Crippen molar-refractivity contribution in [2.45, 2.75) is 26.2 Å². The van der Waals surface area contributed by atoms with Crippen LogP contribution in [0.15, 0.2) is 28.7 Å². The van der Waals surface area contributed by atoms with Gasteiger partial charge in [-0.1, -0.05) is 15.9 Å². The second kappa shape index (κ2) is 5.44. The molecule has 4 nitrogen and oxygen atoms in total. The van der Waals surface area contributed by atoms with Crippen molar-refractivity contribution in [3.05, 3.63) is 28.7 Å². The summed E-state index contributed by atoms with van der Waals surface area (Å²) in [6.07, 6.45) is 2.48. The van der Waals surface area contributed by atoms with Crippen molar-refractivity contribution in [1.82, 2.24) is 4.90 Å². The molecule has 0 aromatic heterocycles. The minimum absolute atomic E-state index is 0.111. The lowest BCUT2D eigenvalue weighted by atomic mass is 9.77. The first-order valence-corrected chi connectivity index (χ1v) is 8.14. The topological polar surface area (TPSA) is 40.6 Å². The van der Waals surface area contributed by atoms with Crippen LogP contribution in [0.2, 0.25) is 0 Å². The van der Waals surface area contributed by atoms with Crippen LogP contribution < -0.4 is 4.90 Å². The highest BCUT2D eigenvalue weighted by Gasteiger charge is 2.48. The van der Waals surface area contributed by atoms with E-state index in [9.17, 15) is 9.59 Å². The van der Waals surface area contributed by atoms with Gasteiger partial charge >= 0.3 is 0 Å². The summed E-state index contributed by atoms with van der Waals surface area (Å²) < 4.78 is 1.02. The fourth-order valence-corrected chi connectivity index (χ4v) is 3.67. The summed E-state index contributed by atoms with van der Waals surface area (Å²) in [5.41, 5.74) is 0.716. The molecule has 1 aromatic rings. The van der Waals surface area contributed by atoms with Crippen LogP contribution in [0, 0.1) is 5.41 Å². The third-order valence-corrected chi connectivity index (χ3v) is 5.35. The molecule has 0 saturated carbocycles. The Labute approximate surface area is 133 Å². The molecule has 0 radical (unpaired) electrons. The van der Waals surface area contributed by atoms with Gasteiger partial charge in [0.15, 0.2) is 0 Å². The maximum atomic E-state index is 12.9. The van der Waals surface area contributed by atoms with Crippen molar-refractivity contribution >= 4 is 33.4 Å². The van der Waals surface area contributed by atoms with Gasteiger partial charge in [0.25, 0.3) is 0 Å². The smallest absolute Gasteiger partial charge is 0.233 e. The predicted octanol–water partition coefficient (Wildman–Crippen LogP) is 2.81. The van der Waals surface area contributed by atoms with E-state index >= 15 is 0 Å². The molecule has 2 fully saturated rings. The van der Waals surface area contributed by atoms with Crippen LogP contribution in [0.25, 0.3) is 0 Å². The SMILES string of the molecule is CC(=O)N1CCC2(CC1)CCN(c1ccc(Br)cc1)C2=O. The lowest BCUT2D eigenvalue weighted by Gasteiger charge is -2.37. The lowest BCUT2D eigenvalue weighted by Crippen LogP contribution is -2.46. The number of anilines is 1. The molecule has 2 saturated heterocycles. The molecule has 3 rings (SSSR count). The number of amides is 2. The normalized spacial score (nSPS) is 21.1. The van der Waals surface area contributed by atoms with Gasteiger partial charge in [0, 0.05) is 36.7 Å². The van der Waals surface area contributed by atoms with Gasteiger partial charge in [-0.05, 0) is 43.5 Å². The highest BCUT2D eigenvalue weighted by molar-refractivity contribution is 9.10. The number of carbonyl (C=O) groups excluding carboxylic acids is 2. The fraction of sp³-hybridized carbons (Fsp3) is 0.500. The Balaban J connectivity index is 1.75. The van der Waals surface area contributed by atoms with Crippen molar-refractivity contribution in [2.75, 3.05) is 24.5 Å². The van der Waals surface area contributed by atoms with Gasteiger partial charge < -0.3 is 9.80 Å². The van der Waals surface area contributed by atoms with Crippen molar-refractivity contribution in [1.29, 1.82) is 0 Å². The van der Waals surface area contributed by atoms with Gasteiger partial charge in [0.05, 0.1) is 5.41 Å². The highest BCUT2D eigenvalue weighted by Crippen LogP contribution is 2.43. The lowest BCUT2D eigenvalue weighted by molar-refractivity contribution is -0.136. The molecular weight excluding hydrogens is 332 g/mol. The molecular formula is C16H19BrN2O2. The first-order chi connectivity index (χ1) is 10.0. The number of nitrogens with zero attached hydrogens (tertiary/aromatic N) is 2. The minimum Gasteiger partial charge on any atom is -0.343 e. The Morgan fingerprint density at radius 1 is 1.10 bits per heavy atom. The molecule has 1 aromatic carbocycles. The van der Waals surface area contributed by atoms with Crippen molar-refractivity contribution in [2.24, 2.45) is 5.41 Å². The van der Waals surface area contributed by atoms with E-state index in [0.717, 1.165) is 36.0 Å². The van der Waals surface area contributed by atoms with Crippen LogP contribution in [-0.2, 0) is 9.59 Å². The number of hydrogen-bond donors (Lipinski definition) is 0. The molecule has 2 aliphatic heterocycles. The molecule has 0 N–H and O–H groups in total.